The number of aromatic nitrogens is 6. The molecule has 2 aromatic carbocycles. The van der Waals surface area contributed by atoms with E-state index in [0.29, 0.717) is 28.3 Å². The van der Waals surface area contributed by atoms with Gasteiger partial charge in [-0.25, -0.2) is 24.3 Å². The highest BCUT2D eigenvalue weighted by atomic mass is 35.5. The van der Waals surface area contributed by atoms with Crippen molar-refractivity contribution in [3.8, 4) is 5.69 Å². The standard InChI is InChI=1S/C21H14Cl2FN7O/c1-10(29-19-16-18(26-8-25-16)27-9-28-19)20-30-15-6-5-11(24)7-12(15)21(32)31(20)17-13(22)3-2-4-14(17)23/h2-10H,1H3,(H2,25,26,27,28,29)/t10-/m0/s1. The molecule has 0 saturated carbocycles. The summed E-state index contributed by atoms with van der Waals surface area (Å²) in [6.07, 6.45) is 2.90. The molecular formula is C21H14Cl2FN7O. The van der Waals surface area contributed by atoms with Gasteiger partial charge in [0.1, 0.15) is 23.5 Å². The van der Waals surface area contributed by atoms with Crippen LogP contribution in [0.25, 0.3) is 27.8 Å². The summed E-state index contributed by atoms with van der Waals surface area (Å²) in [5.41, 5.74) is 1.19. The maximum Gasteiger partial charge on any atom is 0.266 e. The molecule has 0 unspecified atom stereocenters. The fraction of sp³-hybridized carbons (Fsp3) is 0.0952. The zero-order valence-corrected chi connectivity index (χ0v) is 18.0. The van der Waals surface area contributed by atoms with Crippen LogP contribution in [0.1, 0.15) is 18.8 Å². The summed E-state index contributed by atoms with van der Waals surface area (Å²) < 4.78 is 15.2. The van der Waals surface area contributed by atoms with Crippen LogP contribution in [0.15, 0.2) is 53.8 Å². The number of halogens is 3. The zero-order valence-electron chi connectivity index (χ0n) is 16.5. The van der Waals surface area contributed by atoms with Crippen LogP contribution in [0.3, 0.4) is 0 Å². The van der Waals surface area contributed by atoms with Crippen LogP contribution in [-0.2, 0) is 0 Å². The van der Waals surface area contributed by atoms with Gasteiger partial charge in [0.15, 0.2) is 11.5 Å². The summed E-state index contributed by atoms with van der Waals surface area (Å²) >= 11 is 12.8. The van der Waals surface area contributed by atoms with Crippen LogP contribution in [-0.4, -0.2) is 29.5 Å². The first-order chi connectivity index (χ1) is 15.4. The molecule has 0 aliphatic carbocycles. The van der Waals surface area contributed by atoms with Gasteiger partial charge in [0.05, 0.1) is 39.0 Å². The zero-order chi connectivity index (χ0) is 22.4. The maximum atomic E-state index is 13.9. The second-order valence-electron chi connectivity index (χ2n) is 7.03. The molecular weight excluding hydrogens is 456 g/mol. The van der Waals surface area contributed by atoms with E-state index in [1.54, 1.807) is 25.1 Å². The molecule has 0 fully saturated rings. The molecule has 0 aliphatic rings. The van der Waals surface area contributed by atoms with Gasteiger partial charge in [-0.2, -0.15) is 0 Å². The number of anilines is 1. The smallest absolute Gasteiger partial charge is 0.266 e. The Labute approximate surface area is 190 Å². The number of nitrogens with zero attached hydrogens (tertiary/aromatic N) is 5. The van der Waals surface area contributed by atoms with Gasteiger partial charge >= 0.3 is 0 Å². The average molecular weight is 470 g/mol. The third-order valence-electron chi connectivity index (χ3n) is 4.98. The number of nitrogens with one attached hydrogen (secondary N) is 2. The molecule has 1 atom stereocenters. The number of H-pyrrole nitrogens is 1. The van der Waals surface area contributed by atoms with Gasteiger partial charge in [-0.15, -0.1) is 0 Å². The Morgan fingerprint density at radius 1 is 1.12 bits per heavy atom. The number of fused-ring (bicyclic) bond motifs is 2. The summed E-state index contributed by atoms with van der Waals surface area (Å²) in [6.45, 7) is 1.80. The summed E-state index contributed by atoms with van der Waals surface area (Å²) in [4.78, 5) is 33.7. The molecule has 0 saturated heterocycles. The number of hydrogen-bond donors (Lipinski definition) is 2. The molecule has 0 bridgehead atoms. The Hall–Kier alpha value is -3.56. The molecule has 32 heavy (non-hydrogen) atoms. The molecule has 0 radical (unpaired) electrons. The highest BCUT2D eigenvalue weighted by molar-refractivity contribution is 6.37. The van der Waals surface area contributed by atoms with Crippen LogP contribution in [0.5, 0.6) is 0 Å². The van der Waals surface area contributed by atoms with E-state index in [-0.39, 0.29) is 21.1 Å². The van der Waals surface area contributed by atoms with Gasteiger partial charge in [-0.3, -0.25) is 9.36 Å². The van der Waals surface area contributed by atoms with Crippen LogP contribution in [0.4, 0.5) is 10.2 Å². The van der Waals surface area contributed by atoms with Crippen LogP contribution in [0, 0.1) is 5.82 Å². The fourth-order valence-corrected chi connectivity index (χ4v) is 4.09. The molecule has 3 aromatic heterocycles. The summed E-state index contributed by atoms with van der Waals surface area (Å²) in [7, 11) is 0. The first-order valence-corrected chi connectivity index (χ1v) is 10.3. The minimum absolute atomic E-state index is 0.105. The van der Waals surface area contributed by atoms with Crippen molar-refractivity contribution in [3.05, 3.63) is 81.1 Å². The third-order valence-corrected chi connectivity index (χ3v) is 5.59. The molecule has 5 aromatic rings. The first kappa shape index (κ1) is 20.3. The van der Waals surface area contributed by atoms with Crippen molar-refractivity contribution in [3.63, 3.8) is 0 Å². The van der Waals surface area contributed by atoms with Crippen molar-refractivity contribution in [2.45, 2.75) is 13.0 Å². The van der Waals surface area contributed by atoms with Crippen molar-refractivity contribution in [2.75, 3.05) is 5.32 Å². The predicted octanol–water partition coefficient (Wildman–Crippen LogP) is 4.67. The Morgan fingerprint density at radius 3 is 2.69 bits per heavy atom. The Morgan fingerprint density at radius 2 is 1.91 bits per heavy atom. The van der Waals surface area contributed by atoms with Gasteiger partial charge in [0, 0.05) is 0 Å². The highest BCUT2D eigenvalue weighted by Gasteiger charge is 2.22. The van der Waals surface area contributed by atoms with E-state index in [0.717, 1.165) is 6.07 Å². The van der Waals surface area contributed by atoms with Gasteiger partial charge in [0.25, 0.3) is 5.56 Å². The molecule has 8 nitrogen and oxygen atoms in total. The lowest BCUT2D eigenvalue weighted by Crippen LogP contribution is -2.28. The first-order valence-electron chi connectivity index (χ1n) is 9.51. The van der Waals surface area contributed by atoms with E-state index in [1.807, 2.05) is 0 Å². The Bertz CT molecular complexity index is 1530. The lowest BCUT2D eigenvalue weighted by Gasteiger charge is -2.21. The summed E-state index contributed by atoms with van der Waals surface area (Å²) in [5, 5.41) is 3.83. The summed E-state index contributed by atoms with van der Waals surface area (Å²) in [5.74, 6) is 0.217. The van der Waals surface area contributed by atoms with E-state index in [1.165, 1.54) is 29.4 Å². The average Bonchev–Trinajstić information content (AvgIpc) is 3.25. The molecule has 0 amide bonds. The summed E-state index contributed by atoms with van der Waals surface area (Å²) in [6, 6.07) is 8.21. The van der Waals surface area contributed by atoms with Crippen LogP contribution in [0.2, 0.25) is 10.0 Å². The van der Waals surface area contributed by atoms with Gasteiger partial charge < -0.3 is 10.3 Å². The maximum absolute atomic E-state index is 13.9. The lowest BCUT2D eigenvalue weighted by molar-refractivity contribution is 0.629. The number of imidazole rings is 1. The Kier molecular flexibility index (Phi) is 4.99. The molecule has 3 heterocycles. The second kappa shape index (κ2) is 7.85. The third kappa shape index (κ3) is 3.35. The van der Waals surface area contributed by atoms with E-state index in [2.05, 4.69) is 30.2 Å². The fourth-order valence-electron chi connectivity index (χ4n) is 3.52. The van der Waals surface area contributed by atoms with Crippen molar-refractivity contribution in [1.82, 2.24) is 29.5 Å². The number of hydrogen-bond acceptors (Lipinski definition) is 6. The Balaban J connectivity index is 1.75. The molecule has 2 N–H and O–H groups in total. The number of para-hydroxylation sites is 1. The van der Waals surface area contributed by atoms with E-state index in [9.17, 15) is 9.18 Å². The lowest BCUT2D eigenvalue weighted by atomic mass is 10.2. The minimum atomic E-state index is -0.547. The van der Waals surface area contributed by atoms with E-state index >= 15 is 0 Å². The molecule has 5 rings (SSSR count). The predicted molar refractivity (Wildman–Crippen MR) is 121 cm³/mol. The highest BCUT2D eigenvalue weighted by Crippen LogP contribution is 2.31. The largest absolute Gasteiger partial charge is 0.358 e. The van der Waals surface area contributed by atoms with Crippen molar-refractivity contribution < 1.29 is 4.39 Å². The van der Waals surface area contributed by atoms with E-state index in [4.69, 9.17) is 23.2 Å². The van der Waals surface area contributed by atoms with Crippen molar-refractivity contribution in [1.29, 1.82) is 0 Å². The quantitative estimate of drug-likeness (QED) is 0.396. The van der Waals surface area contributed by atoms with Gasteiger partial charge in [0.2, 0.25) is 0 Å². The van der Waals surface area contributed by atoms with Crippen LogP contribution < -0.4 is 10.9 Å². The van der Waals surface area contributed by atoms with Crippen LogP contribution >= 0.6 is 23.2 Å². The monoisotopic (exact) mass is 469 g/mol. The topological polar surface area (TPSA) is 101 Å². The number of rotatable bonds is 4. The molecule has 160 valence electrons. The second-order valence-corrected chi connectivity index (χ2v) is 7.84. The minimum Gasteiger partial charge on any atom is -0.358 e. The van der Waals surface area contributed by atoms with Crippen molar-refractivity contribution in [2.24, 2.45) is 0 Å². The number of aromatic amines is 1. The molecule has 0 spiro atoms. The molecule has 0 aliphatic heterocycles. The normalized spacial score (nSPS) is 12.4. The van der Waals surface area contributed by atoms with Crippen molar-refractivity contribution >= 4 is 51.1 Å². The number of benzene rings is 2. The van der Waals surface area contributed by atoms with Gasteiger partial charge in [-0.05, 0) is 37.3 Å². The SMILES string of the molecule is C[C@H](Nc1ncnc2[nH]cnc12)c1nc2ccc(F)cc2c(=O)n1-c1c(Cl)cccc1Cl. The van der Waals surface area contributed by atoms with Gasteiger partial charge in [-0.1, -0.05) is 29.3 Å². The molecule has 11 heteroatoms. The van der Waals surface area contributed by atoms with E-state index < -0.39 is 17.4 Å².